The summed E-state index contributed by atoms with van der Waals surface area (Å²) >= 11 is 0. The molecule has 0 saturated carbocycles. The largest absolute Gasteiger partial charge is 0.433 e. The molecule has 0 saturated heterocycles. The Balaban J connectivity index is 2.42. The summed E-state index contributed by atoms with van der Waals surface area (Å²) in [6, 6.07) is 2.43. The quantitative estimate of drug-likeness (QED) is 0.674. The van der Waals surface area contributed by atoms with Crippen molar-refractivity contribution in [2.24, 2.45) is 0 Å². The summed E-state index contributed by atoms with van der Waals surface area (Å²) in [5.74, 6) is 0. The van der Waals surface area contributed by atoms with Crippen LogP contribution in [0.1, 0.15) is 11.4 Å². The van der Waals surface area contributed by atoms with E-state index < -0.39 is 11.9 Å². The van der Waals surface area contributed by atoms with E-state index in [1.54, 1.807) is 0 Å². The number of halogens is 3. The molecule has 0 fully saturated rings. The van der Waals surface area contributed by atoms with Crippen molar-refractivity contribution in [2.45, 2.75) is 12.6 Å². The van der Waals surface area contributed by atoms with E-state index in [1.165, 1.54) is 6.07 Å². The number of hydrogen-bond acceptors (Lipinski definition) is 2. The maximum atomic E-state index is 12.2. The molecule has 0 atom stereocenters. The van der Waals surface area contributed by atoms with Gasteiger partial charge in [-0.15, -0.1) is 0 Å². The lowest BCUT2D eigenvalue weighted by atomic mass is 10.2. The summed E-state index contributed by atoms with van der Waals surface area (Å²) in [4.78, 5) is 3.54. The van der Waals surface area contributed by atoms with Crippen LogP contribution in [-0.2, 0) is 12.6 Å². The molecule has 1 aromatic rings. The Morgan fingerprint density at radius 2 is 2.08 bits per heavy atom. The smallest absolute Gasteiger partial charge is 0.383 e. The first-order valence-electron chi connectivity index (χ1n) is 3.88. The van der Waals surface area contributed by atoms with E-state index in [0.717, 1.165) is 6.07 Å². The summed E-state index contributed by atoms with van der Waals surface area (Å²) in [5, 5.41) is 2.95. The van der Waals surface area contributed by atoms with Gasteiger partial charge in [-0.2, -0.15) is 13.2 Å². The Hall–Kier alpha value is -1.26. The second-order valence-electron chi connectivity index (χ2n) is 2.87. The van der Waals surface area contributed by atoms with Crippen molar-refractivity contribution in [2.75, 3.05) is 11.9 Å². The highest BCUT2D eigenvalue weighted by molar-refractivity contribution is 5.52. The van der Waals surface area contributed by atoms with Gasteiger partial charge in [0.15, 0.2) is 0 Å². The average molecular weight is 188 g/mol. The minimum absolute atomic E-state index is 0.509. The number of rotatable bonds is 0. The molecule has 2 rings (SSSR count). The number of alkyl halides is 3. The zero-order valence-electron chi connectivity index (χ0n) is 6.65. The first kappa shape index (κ1) is 8.34. The molecule has 13 heavy (non-hydrogen) atoms. The van der Waals surface area contributed by atoms with Gasteiger partial charge in [0.05, 0.1) is 11.4 Å². The number of aromatic nitrogens is 1. The molecule has 70 valence electrons. The molecule has 0 aromatic carbocycles. The molecule has 0 unspecified atom stereocenters. The SMILES string of the molecule is FC(F)(F)c1ccc2c(n1)CCN2. The van der Waals surface area contributed by atoms with Gasteiger partial charge in [0, 0.05) is 13.0 Å². The van der Waals surface area contributed by atoms with Crippen LogP contribution in [0.5, 0.6) is 0 Å². The maximum Gasteiger partial charge on any atom is 0.433 e. The van der Waals surface area contributed by atoms with E-state index in [-0.39, 0.29) is 0 Å². The lowest BCUT2D eigenvalue weighted by molar-refractivity contribution is -0.141. The zero-order valence-corrected chi connectivity index (χ0v) is 6.65. The van der Waals surface area contributed by atoms with Crippen LogP contribution in [0.25, 0.3) is 0 Å². The van der Waals surface area contributed by atoms with Crippen LogP contribution in [0.15, 0.2) is 12.1 Å². The fraction of sp³-hybridized carbons (Fsp3) is 0.375. The van der Waals surface area contributed by atoms with E-state index in [4.69, 9.17) is 0 Å². The van der Waals surface area contributed by atoms with Crippen LogP contribution in [0.4, 0.5) is 18.9 Å². The highest BCUT2D eigenvalue weighted by Crippen LogP contribution is 2.30. The number of pyridine rings is 1. The van der Waals surface area contributed by atoms with E-state index in [2.05, 4.69) is 10.3 Å². The average Bonchev–Trinajstić information content (AvgIpc) is 2.47. The van der Waals surface area contributed by atoms with Crippen molar-refractivity contribution in [1.29, 1.82) is 0 Å². The molecule has 2 heterocycles. The van der Waals surface area contributed by atoms with Crippen LogP contribution < -0.4 is 5.32 Å². The van der Waals surface area contributed by atoms with Gasteiger partial charge < -0.3 is 5.32 Å². The lowest BCUT2D eigenvalue weighted by Crippen LogP contribution is -2.08. The van der Waals surface area contributed by atoms with Crippen LogP contribution >= 0.6 is 0 Å². The molecular formula is C8H7F3N2. The zero-order chi connectivity index (χ0) is 9.47. The van der Waals surface area contributed by atoms with Gasteiger partial charge in [0.25, 0.3) is 0 Å². The molecule has 0 radical (unpaired) electrons. The van der Waals surface area contributed by atoms with E-state index >= 15 is 0 Å². The molecule has 2 nitrogen and oxygen atoms in total. The molecule has 0 spiro atoms. The second-order valence-corrected chi connectivity index (χ2v) is 2.87. The minimum Gasteiger partial charge on any atom is -0.383 e. The normalized spacial score (nSPS) is 15.3. The molecule has 5 heteroatoms. The third kappa shape index (κ3) is 1.46. The highest BCUT2D eigenvalue weighted by atomic mass is 19.4. The first-order chi connectivity index (χ1) is 6.07. The molecule has 0 bridgehead atoms. The Labute approximate surface area is 72.8 Å². The molecule has 0 aliphatic carbocycles. The van der Waals surface area contributed by atoms with E-state index in [9.17, 15) is 13.2 Å². The maximum absolute atomic E-state index is 12.2. The van der Waals surface area contributed by atoms with Gasteiger partial charge in [-0.1, -0.05) is 0 Å². The summed E-state index contributed by atoms with van der Waals surface area (Å²) < 4.78 is 36.5. The lowest BCUT2D eigenvalue weighted by Gasteiger charge is -2.06. The van der Waals surface area contributed by atoms with Crippen LogP contribution in [0, 0.1) is 0 Å². The Morgan fingerprint density at radius 1 is 1.31 bits per heavy atom. The van der Waals surface area contributed by atoms with Crippen molar-refractivity contribution < 1.29 is 13.2 Å². The number of nitrogens with zero attached hydrogens (tertiary/aromatic N) is 1. The van der Waals surface area contributed by atoms with Gasteiger partial charge >= 0.3 is 6.18 Å². The Bertz CT molecular complexity index is 333. The van der Waals surface area contributed by atoms with Crippen LogP contribution in [0.2, 0.25) is 0 Å². The van der Waals surface area contributed by atoms with Gasteiger partial charge in [-0.3, -0.25) is 0 Å². The van der Waals surface area contributed by atoms with Crippen molar-refractivity contribution in [1.82, 2.24) is 4.98 Å². The predicted molar refractivity (Wildman–Crippen MR) is 41.4 cm³/mol. The number of anilines is 1. The van der Waals surface area contributed by atoms with Crippen molar-refractivity contribution in [3.8, 4) is 0 Å². The van der Waals surface area contributed by atoms with Gasteiger partial charge in [0.1, 0.15) is 5.69 Å². The van der Waals surface area contributed by atoms with Gasteiger partial charge in [-0.05, 0) is 12.1 Å². The summed E-state index contributed by atoms with van der Waals surface area (Å²) in [6.45, 7) is 0.670. The molecule has 1 aliphatic rings. The highest BCUT2D eigenvalue weighted by Gasteiger charge is 2.33. The van der Waals surface area contributed by atoms with E-state index in [1.807, 2.05) is 0 Å². The summed E-state index contributed by atoms with van der Waals surface area (Å²) in [6.07, 6.45) is -3.77. The van der Waals surface area contributed by atoms with E-state index in [0.29, 0.717) is 24.3 Å². The topological polar surface area (TPSA) is 24.9 Å². The monoisotopic (exact) mass is 188 g/mol. The number of nitrogens with one attached hydrogen (secondary N) is 1. The van der Waals surface area contributed by atoms with Crippen molar-refractivity contribution in [3.05, 3.63) is 23.5 Å². The summed E-state index contributed by atoms with van der Waals surface area (Å²) in [7, 11) is 0. The molecule has 1 aromatic heterocycles. The second kappa shape index (κ2) is 2.61. The molecule has 0 amide bonds. The fourth-order valence-corrected chi connectivity index (χ4v) is 1.33. The summed E-state index contributed by atoms with van der Waals surface area (Å²) in [5.41, 5.74) is 0.415. The Kier molecular flexibility index (Phi) is 1.68. The van der Waals surface area contributed by atoms with Gasteiger partial charge in [-0.25, -0.2) is 4.98 Å². The van der Waals surface area contributed by atoms with Crippen molar-refractivity contribution >= 4 is 5.69 Å². The number of fused-ring (bicyclic) bond motifs is 1. The molecular weight excluding hydrogens is 181 g/mol. The third-order valence-corrected chi connectivity index (χ3v) is 1.94. The first-order valence-corrected chi connectivity index (χ1v) is 3.88. The fourth-order valence-electron chi connectivity index (χ4n) is 1.33. The predicted octanol–water partition coefficient (Wildman–Crippen LogP) is 2.07. The van der Waals surface area contributed by atoms with Crippen LogP contribution in [0.3, 0.4) is 0 Å². The van der Waals surface area contributed by atoms with Crippen LogP contribution in [-0.4, -0.2) is 11.5 Å². The van der Waals surface area contributed by atoms with Gasteiger partial charge in [0.2, 0.25) is 0 Å². The standard InChI is InChI=1S/C8H7F3N2/c9-8(10,11)7-2-1-5-6(13-7)3-4-12-5/h1-2,12H,3-4H2. The Morgan fingerprint density at radius 3 is 2.77 bits per heavy atom. The third-order valence-electron chi connectivity index (χ3n) is 1.94. The minimum atomic E-state index is -4.34. The number of hydrogen-bond donors (Lipinski definition) is 1. The molecule has 1 aliphatic heterocycles. The molecule has 1 N–H and O–H groups in total. The van der Waals surface area contributed by atoms with Crippen molar-refractivity contribution in [3.63, 3.8) is 0 Å².